The Hall–Kier alpha value is -2.83. The summed E-state index contributed by atoms with van der Waals surface area (Å²) in [4.78, 5) is 5.50. The van der Waals surface area contributed by atoms with Crippen molar-refractivity contribution in [3.63, 3.8) is 0 Å². The highest BCUT2D eigenvalue weighted by atomic mass is 32.2. The summed E-state index contributed by atoms with van der Waals surface area (Å²) in [6, 6.07) is 7.88. The van der Waals surface area contributed by atoms with Crippen molar-refractivity contribution in [1.82, 2.24) is 13.9 Å². The van der Waals surface area contributed by atoms with E-state index in [0.717, 1.165) is 3.97 Å². The van der Waals surface area contributed by atoms with Gasteiger partial charge < -0.3 is 4.98 Å². The Labute approximate surface area is 173 Å². The molecule has 7 nitrogen and oxygen atoms in total. The van der Waals surface area contributed by atoms with E-state index in [1.54, 1.807) is 37.3 Å². The molecule has 31 heavy (non-hydrogen) atoms. The van der Waals surface area contributed by atoms with Crippen LogP contribution in [0.15, 0.2) is 30.3 Å². The summed E-state index contributed by atoms with van der Waals surface area (Å²) in [6.45, 7) is 3.16. The minimum Gasteiger partial charge on any atom is -0.339 e. The van der Waals surface area contributed by atoms with E-state index in [2.05, 4.69) is 15.4 Å². The highest BCUT2D eigenvalue weighted by Crippen LogP contribution is 2.44. The monoisotopic (exact) mass is 463 g/mol. The lowest BCUT2D eigenvalue weighted by Crippen LogP contribution is -2.45. The van der Waals surface area contributed by atoms with E-state index >= 15 is 0 Å². The molecule has 1 atom stereocenters. The lowest BCUT2D eigenvalue weighted by Gasteiger charge is -2.35. The van der Waals surface area contributed by atoms with E-state index in [0.29, 0.717) is 10.9 Å². The predicted molar refractivity (Wildman–Crippen MR) is 105 cm³/mol. The molecule has 13 heteroatoms. The first-order chi connectivity index (χ1) is 14.4. The quantitative estimate of drug-likeness (QED) is 0.572. The van der Waals surface area contributed by atoms with Gasteiger partial charge in [0.15, 0.2) is 11.6 Å². The van der Waals surface area contributed by atoms with Crippen molar-refractivity contribution in [3.8, 4) is 0 Å². The molecular formula is C18H18F5N5O2S. The standard InChI is InChI=1S/C18H18F5N5O2S/c1-3-31(29,30)28-13-7-5-4-6-11(13)9-14(28)27-10(2)8-12-15(26-27)25-16(24-12)17(19,20)18(21,22)23/h4-7,9-10,26H,3,8H2,1-2H3,(H,24,25). The molecule has 0 spiro atoms. The van der Waals surface area contributed by atoms with Gasteiger partial charge in [-0.25, -0.2) is 17.4 Å². The minimum absolute atomic E-state index is 0.0387. The third-order valence-corrected chi connectivity index (χ3v) is 6.81. The summed E-state index contributed by atoms with van der Waals surface area (Å²) in [5, 5.41) is 2.03. The molecule has 168 valence electrons. The number of aromatic amines is 1. The van der Waals surface area contributed by atoms with Crippen LogP contribution in [0.4, 0.5) is 33.6 Å². The summed E-state index contributed by atoms with van der Waals surface area (Å²) in [5.41, 5.74) is 3.20. The fraction of sp³-hybridized carbons (Fsp3) is 0.389. The van der Waals surface area contributed by atoms with E-state index < -0.39 is 34.0 Å². The Morgan fingerprint density at radius 1 is 1.19 bits per heavy atom. The molecule has 0 fully saturated rings. The van der Waals surface area contributed by atoms with Crippen LogP contribution in [0.1, 0.15) is 25.4 Å². The summed E-state index contributed by atoms with van der Waals surface area (Å²) < 4.78 is 92.4. The number of imidazole rings is 1. The second-order valence-electron chi connectivity index (χ2n) is 7.25. The van der Waals surface area contributed by atoms with Gasteiger partial charge in [0.1, 0.15) is 5.82 Å². The number of halogens is 5. The largest absolute Gasteiger partial charge is 0.461 e. The highest BCUT2D eigenvalue weighted by Gasteiger charge is 2.61. The van der Waals surface area contributed by atoms with Gasteiger partial charge in [0.2, 0.25) is 10.0 Å². The average Bonchev–Trinajstić information content (AvgIpc) is 3.27. The number of anilines is 2. The van der Waals surface area contributed by atoms with Crippen LogP contribution in [0.25, 0.3) is 10.9 Å². The number of nitrogens with zero attached hydrogens (tertiary/aromatic N) is 3. The number of hydrogen-bond acceptors (Lipinski definition) is 5. The molecule has 2 aromatic heterocycles. The Bertz CT molecular complexity index is 1250. The molecule has 0 amide bonds. The molecule has 0 saturated heterocycles. The number of hydrazine groups is 1. The molecule has 0 radical (unpaired) electrons. The third-order valence-electron chi connectivity index (χ3n) is 5.14. The second-order valence-corrected chi connectivity index (χ2v) is 9.35. The normalized spacial score (nSPS) is 17.6. The van der Waals surface area contributed by atoms with Crippen LogP contribution in [0, 0.1) is 0 Å². The number of hydrogen-bond donors (Lipinski definition) is 2. The fourth-order valence-corrected chi connectivity index (χ4v) is 4.68. The molecule has 1 aliphatic heterocycles. The second kappa shape index (κ2) is 6.84. The van der Waals surface area contributed by atoms with Crippen molar-refractivity contribution in [1.29, 1.82) is 0 Å². The van der Waals surface area contributed by atoms with Crippen molar-refractivity contribution in [3.05, 3.63) is 41.9 Å². The van der Waals surface area contributed by atoms with E-state index in [4.69, 9.17) is 0 Å². The lowest BCUT2D eigenvalue weighted by atomic mass is 10.1. The van der Waals surface area contributed by atoms with Crippen molar-refractivity contribution >= 4 is 32.6 Å². The molecule has 0 saturated carbocycles. The average molecular weight is 463 g/mol. The molecule has 3 heterocycles. The van der Waals surface area contributed by atoms with Crippen LogP contribution >= 0.6 is 0 Å². The molecule has 0 aliphatic carbocycles. The van der Waals surface area contributed by atoms with Crippen molar-refractivity contribution < 1.29 is 30.4 Å². The number of para-hydroxylation sites is 1. The summed E-state index contributed by atoms with van der Waals surface area (Å²) in [5.74, 6) is -6.89. The Kier molecular flexibility index (Phi) is 4.72. The smallest absolute Gasteiger partial charge is 0.339 e. The fourth-order valence-electron chi connectivity index (χ4n) is 3.53. The number of nitrogens with one attached hydrogen (secondary N) is 2. The van der Waals surface area contributed by atoms with E-state index in [1.807, 2.05) is 0 Å². The number of alkyl halides is 5. The first-order valence-corrected chi connectivity index (χ1v) is 10.9. The molecule has 2 N–H and O–H groups in total. The van der Waals surface area contributed by atoms with Crippen molar-refractivity contribution in [2.45, 2.75) is 38.4 Å². The van der Waals surface area contributed by atoms with Crippen LogP contribution in [0.2, 0.25) is 0 Å². The van der Waals surface area contributed by atoms with Crippen LogP contribution in [-0.2, 0) is 22.4 Å². The maximum atomic E-state index is 13.7. The van der Waals surface area contributed by atoms with Gasteiger partial charge in [0, 0.05) is 11.8 Å². The lowest BCUT2D eigenvalue weighted by molar-refractivity contribution is -0.292. The third kappa shape index (κ3) is 3.30. The van der Waals surface area contributed by atoms with Crippen molar-refractivity contribution in [2.24, 2.45) is 0 Å². The maximum Gasteiger partial charge on any atom is 0.461 e. The molecule has 3 aromatic rings. The zero-order valence-electron chi connectivity index (χ0n) is 16.3. The van der Waals surface area contributed by atoms with Gasteiger partial charge in [-0.1, -0.05) is 18.2 Å². The van der Waals surface area contributed by atoms with Crippen LogP contribution < -0.4 is 10.4 Å². The van der Waals surface area contributed by atoms with Gasteiger partial charge >= 0.3 is 12.1 Å². The zero-order valence-corrected chi connectivity index (χ0v) is 17.2. The van der Waals surface area contributed by atoms with Gasteiger partial charge in [-0.3, -0.25) is 10.4 Å². The molecule has 0 bridgehead atoms. The first-order valence-electron chi connectivity index (χ1n) is 9.30. The van der Waals surface area contributed by atoms with E-state index in [-0.39, 0.29) is 29.5 Å². The van der Waals surface area contributed by atoms with Gasteiger partial charge in [-0.05, 0) is 26.0 Å². The van der Waals surface area contributed by atoms with Gasteiger partial charge in [0.05, 0.1) is 23.0 Å². The highest BCUT2D eigenvalue weighted by molar-refractivity contribution is 7.90. The molecule has 1 aromatic carbocycles. The van der Waals surface area contributed by atoms with Crippen molar-refractivity contribution in [2.75, 3.05) is 16.2 Å². The van der Waals surface area contributed by atoms with Gasteiger partial charge in [-0.2, -0.15) is 22.0 Å². The van der Waals surface area contributed by atoms with Crippen LogP contribution in [0.3, 0.4) is 0 Å². The molecule has 4 rings (SSSR count). The number of fused-ring (bicyclic) bond motifs is 2. The first kappa shape index (κ1) is 21.4. The summed E-state index contributed by atoms with van der Waals surface area (Å²) in [6.07, 6.45) is -5.77. The predicted octanol–water partition coefficient (Wildman–Crippen LogP) is 3.99. The minimum atomic E-state index is -5.81. The number of aromatic nitrogens is 3. The molecule has 1 unspecified atom stereocenters. The van der Waals surface area contributed by atoms with E-state index in [9.17, 15) is 30.4 Å². The van der Waals surface area contributed by atoms with E-state index in [1.165, 1.54) is 11.9 Å². The van der Waals surface area contributed by atoms with Crippen LogP contribution in [0.5, 0.6) is 0 Å². The Morgan fingerprint density at radius 3 is 2.52 bits per heavy atom. The van der Waals surface area contributed by atoms with Gasteiger partial charge in [-0.15, -0.1) is 0 Å². The van der Waals surface area contributed by atoms with Crippen LogP contribution in [-0.4, -0.2) is 40.3 Å². The van der Waals surface area contributed by atoms with Gasteiger partial charge in [0.25, 0.3) is 0 Å². The summed E-state index contributed by atoms with van der Waals surface area (Å²) >= 11 is 0. The Balaban J connectivity index is 1.81. The topological polar surface area (TPSA) is 83.0 Å². The maximum absolute atomic E-state index is 13.7. The molecule has 1 aliphatic rings. The SMILES string of the molecule is CCS(=O)(=O)n1c(N2Nc3nc(C(F)(F)C(F)(F)F)[nH]c3CC2C)cc2ccccc21. The number of H-pyrrole nitrogens is 1. The Morgan fingerprint density at radius 2 is 1.87 bits per heavy atom. The number of benzene rings is 1. The molecular weight excluding hydrogens is 445 g/mol. The zero-order chi connectivity index (χ0) is 22.8. The number of rotatable bonds is 4. The summed E-state index contributed by atoms with van der Waals surface area (Å²) in [7, 11) is -3.76.